The Morgan fingerprint density at radius 2 is 0.653 bits per heavy atom. The maximum absolute atomic E-state index is 2.33. The number of nitrogens with zero attached hydrogens (tertiary/aromatic N) is 1. The second kappa shape index (κ2) is 15.8. The molecule has 1 nitrogen and oxygen atoms in total. The van der Waals surface area contributed by atoms with Gasteiger partial charge in [0.15, 0.2) is 0 Å². The number of benzene rings is 8. The summed E-state index contributed by atoms with van der Waals surface area (Å²) >= 11 is 0. The Hall–Kier alpha value is -5.92. The Kier molecular flexibility index (Phi) is 10.6. The summed E-state index contributed by atoms with van der Waals surface area (Å²) in [4.78, 5) is 2.33. The molecule has 1 heteroatoms. The van der Waals surface area contributed by atoms with Gasteiger partial charge in [-0.25, -0.2) is 0 Å². The van der Waals surface area contributed by atoms with Gasteiger partial charge < -0.3 is 4.90 Å². The van der Waals surface area contributed by atoms with Crippen LogP contribution in [0.1, 0.15) is 25.0 Å². The van der Waals surface area contributed by atoms with Gasteiger partial charge in [-0.15, -0.1) is 0 Å². The third-order valence-corrected chi connectivity index (χ3v) is 8.64. The number of rotatable bonds is 5. The van der Waals surface area contributed by atoms with Gasteiger partial charge in [0.05, 0.1) is 0 Å². The molecule has 0 unspecified atom stereocenters. The van der Waals surface area contributed by atoms with Crippen LogP contribution in [0.3, 0.4) is 0 Å². The van der Waals surface area contributed by atoms with E-state index in [0.717, 1.165) is 17.1 Å². The third kappa shape index (κ3) is 7.97. The standard InChI is InChI=1S/C35H27N.C11H10.C2H6/c1-26-11-13-29(14-12-26)31-17-22-34(23-18-31)36(35-24-19-28-9-5-6-10-32(28)25-35)33-20-15-30(16-21-33)27-7-3-2-4-8-27;1-9-6-7-10-4-2-3-5-11(10)8-9;1-2/h2-25H,1H3;2-8H,1H3;1-2H3. The summed E-state index contributed by atoms with van der Waals surface area (Å²) < 4.78 is 0. The fourth-order valence-electron chi connectivity index (χ4n) is 6.05. The molecule has 240 valence electrons. The predicted octanol–water partition coefficient (Wildman–Crippen LogP) is 14.1. The number of anilines is 3. The molecule has 49 heavy (non-hydrogen) atoms. The lowest BCUT2D eigenvalue weighted by atomic mass is 10.0. The van der Waals surface area contributed by atoms with E-state index in [0.29, 0.717) is 0 Å². The van der Waals surface area contributed by atoms with E-state index >= 15 is 0 Å². The van der Waals surface area contributed by atoms with Crippen molar-refractivity contribution in [2.24, 2.45) is 0 Å². The molecule has 0 heterocycles. The molecule has 0 aliphatic carbocycles. The van der Waals surface area contributed by atoms with Crippen LogP contribution < -0.4 is 4.90 Å². The molecular formula is C48H43N. The van der Waals surface area contributed by atoms with E-state index in [1.165, 1.54) is 54.9 Å². The third-order valence-electron chi connectivity index (χ3n) is 8.64. The molecule has 0 atom stereocenters. The first-order valence-corrected chi connectivity index (χ1v) is 17.2. The molecule has 0 aromatic heterocycles. The summed E-state index contributed by atoms with van der Waals surface area (Å²) in [6.07, 6.45) is 0. The molecule has 0 aliphatic rings. The van der Waals surface area contributed by atoms with E-state index in [9.17, 15) is 0 Å². The van der Waals surface area contributed by atoms with E-state index < -0.39 is 0 Å². The van der Waals surface area contributed by atoms with Crippen LogP contribution in [0.15, 0.2) is 188 Å². The highest BCUT2D eigenvalue weighted by atomic mass is 15.1. The molecule has 0 amide bonds. The molecule has 0 radical (unpaired) electrons. The quantitative estimate of drug-likeness (QED) is 0.182. The van der Waals surface area contributed by atoms with Crippen LogP contribution in [0.5, 0.6) is 0 Å². The van der Waals surface area contributed by atoms with E-state index in [2.05, 4.69) is 207 Å². The largest absolute Gasteiger partial charge is 0.310 e. The zero-order chi connectivity index (χ0) is 34.0. The van der Waals surface area contributed by atoms with Crippen molar-refractivity contribution < 1.29 is 0 Å². The molecule has 8 aromatic carbocycles. The molecule has 0 aliphatic heterocycles. The van der Waals surface area contributed by atoms with Gasteiger partial charge in [-0.05, 0) is 94.0 Å². The van der Waals surface area contributed by atoms with Gasteiger partial charge >= 0.3 is 0 Å². The van der Waals surface area contributed by atoms with Crippen molar-refractivity contribution in [2.45, 2.75) is 27.7 Å². The Morgan fingerprint density at radius 1 is 0.286 bits per heavy atom. The lowest BCUT2D eigenvalue weighted by Crippen LogP contribution is -2.09. The summed E-state index contributed by atoms with van der Waals surface area (Å²) in [5.74, 6) is 0. The summed E-state index contributed by atoms with van der Waals surface area (Å²) in [6.45, 7) is 8.24. The number of aryl methyl sites for hydroxylation is 2. The summed E-state index contributed by atoms with van der Waals surface area (Å²) in [7, 11) is 0. The highest BCUT2D eigenvalue weighted by Gasteiger charge is 2.14. The molecule has 8 rings (SSSR count). The summed E-state index contributed by atoms with van der Waals surface area (Å²) in [5.41, 5.74) is 10.9. The SMILES string of the molecule is CC.Cc1ccc(-c2ccc(N(c3ccc(-c4ccccc4)cc3)c3ccc4ccccc4c3)cc2)cc1.Cc1ccc2ccccc2c1. The second-order valence-electron chi connectivity index (χ2n) is 12.0. The average Bonchev–Trinajstić information content (AvgIpc) is 3.17. The fourth-order valence-corrected chi connectivity index (χ4v) is 6.05. The van der Waals surface area contributed by atoms with Gasteiger partial charge in [0.25, 0.3) is 0 Å². The minimum absolute atomic E-state index is 1.13. The molecule has 0 bridgehead atoms. The maximum atomic E-state index is 2.33. The van der Waals surface area contributed by atoms with Crippen molar-refractivity contribution in [3.63, 3.8) is 0 Å². The monoisotopic (exact) mass is 633 g/mol. The van der Waals surface area contributed by atoms with Gasteiger partial charge in [0, 0.05) is 17.1 Å². The van der Waals surface area contributed by atoms with Gasteiger partial charge in [-0.2, -0.15) is 0 Å². The molecule has 0 spiro atoms. The van der Waals surface area contributed by atoms with Gasteiger partial charge in [0.2, 0.25) is 0 Å². The summed E-state index contributed by atoms with van der Waals surface area (Å²) in [5, 5.41) is 5.12. The highest BCUT2D eigenvalue weighted by Crippen LogP contribution is 2.38. The molecule has 0 saturated carbocycles. The van der Waals surface area contributed by atoms with Crippen molar-refractivity contribution in [1.82, 2.24) is 0 Å². The van der Waals surface area contributed by atoms with E-state index in [1.807, 2.05) is 13.8 Å². The van der Waals surface area contributed by atoms with Crippen LogP contribution in [0, 0.1) is 13.8 Å². The van der Waals surface area contributed by atoms with Crippen molar-refractivity contribution >= 4 is 38.6 Å². The average molecular weight is 634 g/mol. The minimum atomic E-state index is 1.13. The van der Waals surface area contributed by atoms with Crippen LogP contribution in [0.4, 0.5) is 17.1 Å². The number of hydrogen-bond donors (Lipinski definition) is 0. The Balaban J connectivity index is 0.000000269. The molecule has 0 N–H and O–H groups in total. The van der Waals surface area contributed by atoms with Crippen LogP contribution in [0.2, 0.25) is 0 Å². The first-order valence-electron chi connectivity index (χ1n) is 17.2. The Labute approximate surface area is 291 Å². The van der Waals surface area contributed by atoms with E-state index in [4.69, 9.17) is 0 Å². The molecule has 8 aromatic rings. The van der Waals surface area contributed by atoms with E-state index in [1.54, 1.807) is 0 Å². The first-order chi connectivity index (χ1) is 24.1. The first kappa shape index (κ1) is 33.0. The maximum Gasteiger partial charge on any atom is 0.0468 e. The number of fused-ring (bicyclic) bond motifs is 2. The second-order valence-corrected chi connectivity index (χ2v) is 12.0. The van der Waals surface area contributed by atoms with Crippen LogP contribution in [0.25, 0.3) is 43.8 Å². The fraction of sp³-hybridized carbons (Fsp3) is 0.0833. The molecule has 0 saturated heterocycles. The Bertz CT molecular complexity index is 2230. The van der Waals surface area contributed by atoms with Crippen molar-refractivity contribution in [1.29, 1.82) is 0 Å². The van der Waals surface area contributed by atoms with Crippen molar-refractivity contribution in [2.75, 3.05) is 4.90 Å². The smallest absolute Gasteiger partial charge is 0.0468 e. The van der Waals surface area contributed by atoms with Gasteiger partial charge in [-0.3, -0.25) is 0 Å². The van der Waals surface area contributed by atoms with E-state index in [-0.39, 0.29) is 0 Å². The lowest BCUT2D eigenvalue weighted by molar-refractivity contribution is 1.29. The highest BCUT2D eigenvalue weighted by molar-refractivity contribution is 5.89. The molecular weight excluding hydrogens is 591 g/mol. The minimum Gasteiger partial charge on any atom is -0.310 e. The zero-order valence-electron chi connectivity index (χ0n) is 28.8. The zero-order valence-corrected chi connectivity index (χ0v) is 28.8. The van der Waals surface area contributed by atoms with Gasteiger partial charge in [-0.1, -0.05) is 177 Å². The number of hydrogen-bond acceptors (Lipinski definition) is 1. The van der Waals surface area contributed by atoms with Crippen LogP contribution >= 0.6 is 0 Å². The molecule has 0 fully saturated rings. The van der Waals surface area contributed by atoms with Crippen LogP contribution in [-0.2, 0) is 0 Å². The predicted molar refractivity (Wildman–Crippen MR) is 214 cm³/mol. The normalized spacial score (nSPS) is 10.4. The van der Waals surface area contributed by atoms with Crippen LogP contribution in [-0.4, -0.2) is 0 Å². The Morgan fingerprint density at radius 3 is 1.18 bits per heavy atom. The summed E-state index contributed by atoms with van der Waals surface area (Å²) in [6, 6.07) is 67.1. The van der Waals surface area contributed by atoms with Gasteiger partial charge in [0.1, 0.15) is 0 Å². The van der Waals surface area contributed by atoms with Crippen molar-refractivity contribution in [3.05, 3.63) is 199 Å². The topological polar surface area (TPSA) is 3.24 Å². The van der Waals surface area contributed by atoms with Crippen molar-refractivity contribution in [3.8, 4) is 22.3 Å². The lowest BCUT2D eigenvalue weighted by Gasteiger charge is -2.26.